The van der Waals surface area contributed by atoms with Crippen LogP contribution >= 0.6 is 0 Å². The first-order chi connectivity index (χ1) is 7.67. The summed E-state index contributed by atoms with van der Waals surface area (Å²) in [6, 6.07) is 0. The quantitative estimate of drug-likeness (QED) is 0.494. The molecule has 0 saturated heterocycles. The molecule has 0 aliphatic heterocycles. The summed E-state index contributed by atoms with van der Waals surface area (Å²) in [6.07, 6.45) is 8.30. The molecule has 0 aliphatic rings. The number of thiol groups is 1. The predicted molar refractivity (Wildman–Crippen MR) is 66.3 cm³/mol. The molecule has 0 aromatic rings. The molecule has 0 radical (unpaired) electrons. The zero-order chi connectivity index (χ0) is 12.4. The van der Waals surface area contributed by atoms with Crippen molar-refractivity contribution in [2.75, 3.05) is 13.2 Å². The fraction of sp³-hybridized carbons (Fsp3) is 0.273. The predicted octanol–water partition coefficient (Wildman–Crippen LogP) is 1.01. The molecule has 0 rings (SSSR count). The molecular weight excluding hydrogens is 226 g/mol. The van der Waals surface area contributed by atoms with E-state index in [9.17, 15) is 8.42 Å². The van der Waals surface area contributed by atoms with Crippen LogP contribution in [0.4, 0.5) is 0 Å². The lowest BCUT2D eigenvalue weighted by atomic mass is 10.3. The number of allylic oxidation sites excluding steroid dienone is 5. The Bertz CT molecular complexity index is 348. The third-order valence-electron chi connectivity index (χ3n) is 1.71. The lowest BCUT2D eigenvalue weighted by Gasteiger charge is -2.17. The fourth-order valence-corrected chi connectivity index (χ4v) is 1.67. The molecule has 0 aromatic heterocycles. The number of hydrogen-bond donors (Lipinski definition) is 2. The van der Waals surface area contributed by atoms with Gasteiger partial charge in [-0.3, -0.25) is 4.31 Å². The van der Waals surface area contributed by atoms with Crippen molar-refractivity contribution >= 4 is 10.9 Å². The van der Waals surface area contributed by atoms with Crippen molar-refractivity contribution in [3.63, 3.8) is 0 Å². The van der Waals surface area contributed by atoms with E-state index < -0.39 is 10.9 Å². The first kappa shape index (κ1) is 14.7. The van der Waals surface area contributed by atoms with Gasteiger partial charge in [-0.1, -0.05) is 31.4 Å². The zero-order valence-electron chi connectivity index (χ0n) is 9.08. The molecule has 4 nitrogen and oxygen atoms in total. The van der Waals surface area contributed by atoms with E-state index in [1.807, 2.05) is 0 Å². The summed E-state index contributed by atoms with van der Waals surface area (Å²) in [5, 5.41) is 8.69. The largest absolute Gasteiger partial charge is 0.396 e. The summed E-state index contributed by atoms with van der Waals surface area (Å²) in [5.74, 6) is 0. The van der Waals surface area contributed by atoms with Gasteiger partial charge in [0.2, 0.25) is 10.9 Å². The summed E-state index contributed by atoms with van der Waals surface area (Å²) < 4.78 is 23.3. The topological polar surface area (TPSA) is 57.6 Å². The number of hydrogen-bond acceptors (Lipinski definition) is 3. The molecule has 0 amide bonds. The fourth-order valence-electron chi connectivity index (χ4n) is 1.04. The van der Waals surface area contributed by atoms with Crippen LogP contribution in [0.2, 0.25) is 0 Å². The van der Waals surface area contributed by atoms with Crippen LogP contribution < -0.4 is 0 Å². The highest BCUT2D eigenvalue weighted by Gasteiger charge is 2.07. The molecular formula is C11H17NO3S. The van der Waals surface area contributed by atoms with Gasteiger partial charge in [0.25, 0.3) is 0 Å². The Morgan fingerprint density at radius 1 is 1.31 bits per heavy atom. The van der Waals surface area contributed by atoms with Crippen LogP contribution in [-0.4, -0.2) is 31.0 Å². The second-order valence-electron chi connectivity index (χ2n) is 2.86. The van der Waals surface area contributed by atoms with Crippen molar-refractivity contribution in [3.05, 3.63) is 49.2 Å². The van der Waals surface area contributed by atoms with Crippen LogP contribution in [-0.2, 0) is 10.9 Å². The summed E-state index contributed by atoms with van der Waals surface area (Å²) in [4.78, 5) is 0. The minimum atomic E-state index is -2.72. The molecule has 5 heteroatoms. The maximum Gasteiger partial charge on any atom is 0.225 e. The van der Waals surface area contributed by atoms with Crippen LogP contribution in [0.1, 0.15) is 6.42 Å². The third kappa shape index (κ3) is 5.53. The van der Waals surface area contributed by atoms with Gasteiger partial charge >= 0.3 is 0 Å². The Kier molecular flexibility index (Phi) is 8.19. The van der Waals surface area contributed by atoms with Crippen LogP contribution in [0.3, 0.4) is 0 Å². The monoisotopic (exact) mass is 243 g/mol. The van der Waals surface area contributed by atoms with Crippen molar-refractivity contribution in [3.8, 4) is 0 Å². The van der Waals surface area contributed by atoms with Crippen molar-refractivity contribution in [2.45, 2.75) is 6.42 Å². The van der Waals surface area contributed by atoms with E-state index in [0.717, 1.165) is 0 Å². The Morgan fingerprint density at radius 2 is 2.00 bits per heavy atom. The molecule has 16 heavy (non-hydrogen) atoms. The summed E-state index contributed by atoms with van der Waals surface area (Å²) in [5.41, 5.74) is 0.500. The summed E-state index contributed by atoms with van der Waals surface area (Å²) >= 11 is 0. The molecule has 0 aliphatic carbocycles. The molecule has 0 spiro atoms. The number of aliphatic hydroxyl groups excluding tert-OH is 1. The SMILES string of the molecule is C=C/C=C\C(=C/C=C)N(CCCO)[SH](=O)=O. The van der Waals surface area contributed by atoms with E-state index >= 15 is 0 Å². The van der Waals surface area contributed by atoms with Gasteiger partial charge in [-0.2, -0.15) is 0 Å². The molecule has 0 saturated carbocycles. The second-order valence-corrected chi connectivity index (χ2v) is 3.82. The van der Waals surface area contributed by atoms with E-state index in [-0.39, 0.29) is 13.2 Å². The van der Waals surface area contributed by atoms with Gasteiger partial charge in [0.15, 0.2) is 0 Å². The Hall–Kier alpha value is -1.33. The normalized spacial score (nSPS) is 12.0. The van der Waals surface area contributed by atoms with Crippen molar-refractivity contribution < 1.29 is 13.5 Å². The molecule has 0 atom stereocenters. The van der Waals surface area contributed by atoms with Crippen LogP contribution in [0.25, 0.3) is 0 Å². The van der Waals surface area contributed by atoms with E-state index in [1.54, 1.807) is 24.3 Å². The number of aliphatic hydroxyl groups is 1. The minimum absolute atomic E-state index is 0.0494. The average Bonchev–Trinajstić information content (AvgIpc) is 2.25. The molecule has 0 aromatic carbocycles. The summed E-state index contributed by atoms with van der Waals surface area (Å²) in [7, 11) is -2.72. The highest BCUT2D eigenvalue weighted by atomic mass is 32.2. The van der Waals surface area contributed by atoms with Gasteiger partial charge in [-0.25, -0.2) is 8.42 Å². The van der Waals surface area contributed by atoms with Crippen LogP contribution in [0, 0.1) is 0 Å². The first-order valence-corrected chi connectivity index (χ1v) is 5.95. The van der Waals surface area contributed by atoms with E-state index in [0.29, 0.717) is 12.1 Å². The molecule has 1 N–H and O–H groups in total. The number of rotatable bonds is 8. The second kappa shape index (κ2) is 8.94. The van der Waals surface area contributed by atoms with Gasteiger partial charge in [-0.15, -0.1) is 0 Å². The molecule has 0 bridgehead atoms. The van der Waals surface area contributed by atoms with Crippen LogP contribution in [0.15, 0.2) is 49.2 Å². The molecule has 0 fully saturated rings. The molecule has 90 valence electrons. The first-order valence-electron chi connectivity index (χ1n) is 4.82. The maximum atomic E-state index is 11.0. The zero-order valence-corrected chi connectivity index (χ0v) is 9.97. The Labute approximate surface area is 98.0 Å². The van der Waals surface area contributed by atoms with Crippen molar-refractivity contribution in [1.82, 2.24) is 4.31 Å². The third-order valence-corrected chi connectivity index (χ3v) is 2.54. The van der Waals surface area contributed by atoms with Gasteiger partial charge in [-0.05, 0) is 18.6 Å². The van der Waals surface area contributed by atoms with Crippen molar-refractivity contribution in [2.24, 2.45) is 0 Å². The number of nitrogens with zero attached hydrogens (tertiary/aromatic N) is 1. The summed E-state index contributed by atoms with van der Waals surface area (Å²) in [6.45, 7) is 7.23. The Morgan fingerprint density at radius 3 is 2.44 bits per heavy atom. The van der Waals surface area contributed by atoms with Crippen molar-refractivity contribution in [1.29, 1.82) is 0 Å². The lowest BCUT2D eigenvalue weighted by molar-refractivity contribution is 0.278. The van der Waals surface area contributed by atoms with E-state index in [1.165, 1.54) is 10.4 Å². The van der Waals surface area contributed by atoms with Gasteiger partial charge in [0, 0.05) is 13.2 Å². The lowest BCUT2D eigenvalue weighted by Crippen LogP contribution is -2.22. The minimum Gasteiger partial charge on any atom is -0.396 e. The molecule has 0 unspecified atom stereocenters. The highest BCUT2D eigenvalue weighted by molar-refractivity contribution is 7.70. The van der Waals surface area contributed by atoms with Gasteiger partial charge in [0.05, 0.1) is 5.70 Å². The van der Waals surface area contributed by atoms with Gasteiger partial charge < -0.3 is 5.11 Å². The van der Waals surface area contributed by atoms with E-state index in [4.69, 9.17) is 5.11 Å². The highest BCUT2D eigenvalue weighted by Crippen LogP contribution is 2.08. The van der Waals surface area contributed by atoms with Crippen LogP contribution in [0.5, 0.6) is 0 Å². The average molecular weight is 243 g/mol. The van der Waals surface area contributed by atoms with Gasteiger partial charge in [0.1, 0.15) is 0 Å². The smallest absolute Gasteiger partial charge is 0.225 e. The maximum absolute atomic E-state index is 11.0. The standard InChI is InChI=1S/C11H17NO3S/c1-3-5-8-11(7-4-2)12(16(14)15)9-6-10-13/h3-5,7-8,13,16H,1-2,6,9-10H2/b8-5-,11-7+. The van der Waals surface area contributed by atoms with E-state index in [2.05, 4.69) is 13.2 Å². The Balaban J connectivity index is 4.94. The molecule has 0 heterocycles.